The number of amides is 1. The fourth-order valence-electron chi connectivity index (χ4n) is 2.50. The van der Waals surface area contributed by atoms with Gasteiger partial charge in [-0.05, 0) is 76.4 Å². The molecule has 0 aliphatic carbocycles. The molecule has 0 spiro atoms. The molecule has 0 heterocycles. The highest BCUT2D eigenvalue weighted by molar-refractivity contribution is 6.74. The van der Waals surface area contributed by atoms with Gasteiger partial charge in [0.15, 0.2) is 8.32 Å². The molecule has 0 aromatic heterocycles. The Balaban J connectivity index is 2.82. The van der Waals surface area contributed by atoms with E-state index in [1.807, 2.05) is 26.0 Å². The lowest BCUT2D eigenvalue weighted by Crippen LogP contribution is -2.43. The maximum absolute atomic E-state index is 12.5. The summed E-state index contributed by atoms with van der Waals surface area (Å²) in [4.78, 5) is 24.3. The van der Waals surface area contributed by atoms with Crippen LogP contribution < -0.4 is 10.1 Å². The number of hydrogen-bond acceptors (Lipinski definition) is 5. The zero-order chi connectivity index (χ0) is 23.5. The second-order valence-corrected chi connectivity index (χ2v) is 15.2. The average molecular weight is 438 g/mol. The van der Waals surface area contributed by atoms with Gasteiger partial charge in [0.2, 0.25) is 0 Å². The van der Waals surface area contributed by atoms with Crippen molar-refractivity contribution in [2.45, 2.75) is 98.7 Å². The Labute approximate surface area is 182 Å². The second-order valence-electron chi connectivity index (χ2n) is 10.4. The molecule has 0 saturated heterocycles. The predicted octanol–water partition coefficient (Wildman–Crippen LogP) is 5.64. The quantitative estimate of drug-likeness (QED) is 0.354. The first kappa shape index (κ1) is 26.2. The van der Waals surface area contributed by atoms with Crippen LogP contribution in [0.25, 0.3) is 0 Å². The van der Waals surface area contributed by atoms with Gasteiger partial charge < -0.3 is 19.2 Å². The van der Waals surface area contributed by atoms with Crippen molar-refractivity contribution >= 4 is 20.4 Å². The first-order valence-corrected chi connectivity index (χ1v) is 13.3. The minimum atomic E-state index is -1.85. The van der Waals surface area contributed by atoms with E-state index in [1.165, 1.54) is 0 Å². The van der Waals surface area contributed by atoms with Crippen molar-refractivity contribution in [1.82, 2.24) is 5.32 Å². The number of ether oxygens (including phenoxy) is 2. The molecule has 0 aliphatic rings. The van der Waals surface area contributed by atoms with Gasteiger partial charge in [-0.1, -0.05) is 32.9 Å². The van der Waals surface area contributed by atoms with E-state index in [-0.39, 0.29) is 5.04 Å². The minimum absolute atomic E-state index is 0.143. The maximum atomic E-state index is 12.5. The first-order chi connectivity index (χ1) is 13.4. The van der Waals surface area contributed by atoms with Crippen molar-refractivity contribution in [2.75, 3.05) is 0 Å². The van der Waals surface area contributed by atoms with Gasteiger partial charge in [0.05, 0.1) is 6.61 Å². The van der Waals surface area contributed by atoms with Crippen LogP contribution in [0.2, 0.25) is 18.1 Å². The number of rotatable bonds is 6. The van der Waals surface area contributed by atoms with Crippen LogP contribution >= 0.6 is 0 Å². The number of alkyl carbamates (subject to hydrolysis) is 1. The van der Waals surface area contributed by atoms with Crippen molar-refractivity contribution in [1.29, 1.82) is 0 Å². The van der Waals surface area contributed by atoms with Gasteiger partial charge in [0.1, 0.15) is 17.4 Å². The van der Waals surface area contributed by atoms with Crippen LogP contribution in [0.5, 0.6) is 5.75 Å². The van der Waals surface area contributed by atoms with E-state index in [0.717, 1.165) is 16.7 Å². The molecule has 30 heavy (non-hydrogen) atoms. The topological polar surface area (TPSA) is 73.9 Å². The lowest BCUT2D eigenvalue weighted by molar-refractivity contribution is -0.136. The Morgan fingerprint density at radius 2 is 1.53 bits per heavy atom. The smallest absolute Gasteiger partial charge is 0.408 e. The van der Waals surface area contributed by atoms with E-state index in [1.54, 1.807) is 27.7 Å². The fraction of sp³-hybridized carbons (Fsp3) is 0.652. The summed E-state index contributed by atoms with van der Waals surface area (Å²) in [6.45, 7) is 22.3. The van der Waals surface area contributed by atoms with Crippen molar-refractivity contribution in [3.8, 4) is 5.75 Å². The third-order valence-electron chi connectivity index (χ3n) is 5.22. The van der Waals surface area contributed by atoms with Gasteiger partial charge in [0.25, 0.3) is 0 Å². The highest BCUT2D eigenvalue weighted by Crippen LogP contribution is 2.37. The Morgan fingerprint density at radius 3 is 1.97 bits per heavy atom. The number of esters is 1. The fourth-order valence-corrected chi connectivity index (χ4v) is 3.46. The molecule has 7 heteroatoms. The summed E-state index contributed by atoms with van der Waals surface area (Å²) in [5.74, 6) is -0.0359. The third-order valence-corrected chi connectivity index (χ3v) is 9.69. The van der Waals surface area contributed by atoms with Crippen molar-refractivity contribution in [3.05, 3.63) is 28.8 Å². The zero-order valence-electron chi connectivity index (χ0n) is 20.5. The van der Waals surface area contributed by atoms with E-state index < -0.39 is 32.0 Å². The van der Waals surface area contributed by atoms with Crippen molar-refractivity contribution in [2.24, 2.45) is 0 Å². The number of hydrogen-bond donors (Lipinski definition) is 1. The summed E-state index contributed by atoms with van der Waals surface area (Å²) < 4.78 is 17.1. The number of carbonyl (C=O) groups excluding carboxylic acids is 2. The molecule has 1 N–H and O–H groups in total. The molecule has 0 aliphatic heterocycles. The van der Waals surface area contributed by atoms with E-state index in [2.05, 4.69) is 39.2 Å². The zero-order valence-corrected chi connectivity index (χ0v) is 21.5. The summed E-state index contributed by atoms with van der Waals surface area (Å²) in [6, 6.07) is 3.13. The number of aryl methyl sites for hydroxylation is 2. The van der Waals surface area contributed by atoms with E-state index >= 15 is 0 Å². The van der Waals surface area contributed by atoms with Gasteiger partial charge >= 0.3 is 12.1 Å². The highest BCUT2D eigenvalue weighted by Gasteiger charge is 2.37. The maximum Gasteiger partial charge on any atom is 0.408 e. The Hall–Kier alpha value is -1.86. The Kier molecular flexibility index (Phi) is 8.30. The average Bonchev–Trinajstić information content (AvgIpc) is 2.53. The molecule has 1 aromatic carbocycles. The van der Waals surface area contributed by atoms with Crippen LogP contribution in [0.1, 0.15) is 65.2 Å². The second kappa shape index (κ2) is 9.52. The molecule has 170 valence electrons. The van der Waals surface area contributed by atoms with E-state index in [9.17, 15) is 9.59 Å². The minimum Gasteiger partial charge on any atom is -0.444 e. The molecule has 6 nitrogen and oxygen atoms in total. The van der Waals surface area contributed by atoms with Crippen molar-refractivity contribution < 1.29 is 23.5 Å². The number of carbonyl (C=O) groups is 2. The molecule has 0 saturated carbocycles. The van der Waals surface area contributed by atoms with Gasteiger partial charge in [-0.3, -0.25) is 0 Å². The van der Waals surface area contributed by atoms with Crippen molar-refractivity contribution in [3.63, 3.8) is 0 Å². The van der Waals surface area contributed by atoms with Gasteiger partial charge in [0, 0.05) is 0 Å². The molecule has 1 unspecified atom stereocenters. The number of nitrogens with one attached hydrogen (secondary N) is 1. The summed E-state index contributed by atoms with van der Waals surface area (Å²) in [7, 11) is -1.85. The molecule has 0 bridgehead atoms. The highest BCUT2D eigenvalue weighted by atomic mass is 28.4. The number of benzene rings is 1. The summed E-state index contributed by atoms with van der Waals surface area (Å²) >= 11 is 0. The molecular weight excluding hydrogens is 398 g/mol. The predicted molar refractivity (Wildman–Crippen MR) is 122 cm³/mol. The van der Waals surface area contributed by atoms with Crippen LogP contribution in [0, 0.1) is 13.8 Å². The van der Waals surface area contributed by atoms with Crippen LogP contribution in [-0.2, 0) is 20.6 Å². The molecule has 1 amide bonds. The largest absolute Gasteiger partial charge is 0.444 e. The lowest BCUT2D eigenvalue weighted by Gasteiger charge is -2.36. The molecular formula is C23H39NO5Si. The van der Waals surface area contributed by atoms with Crippen LogP contribution in [-0.4, -0.2) is 32.0 Å². The van der Waals surface area contributed by atoms with Gasteiger partial charge in [-0.25, -0.2) is 9.59 Å². The Bertz CT molecular complexity index is 752. The molecule has 0 fully saturated rings. The standard InChI is InChI=1S/C23H39NO5Si/c1-15-12-18(14-27-30(10,11)23(7,8)9)13-16(2)19(15)28-20(25)17(3)24-21(26)29-22(4,5)6/h12-13,17H,14H2,1-11H3,(H,24,26). The Morgan fingerprint density at radius 1 is 1.03 bits per heavy atom. The van der Waals surface area contributed by atoms with Crippen LogP contribution in [0.4, 0.5) is 4.79 Å². The normalized spacial score (nSPS) is 13.6. The lowest BCUT2D eigenvalue weighted by atomic mass is 10.1. The third kappa shape index (κ3) is 7.76. The molecule has 1 rings (SSSR count). The SMILES string of the molecule is Cc1cc(CO[Si](C)(C)C(C)(C)C)cc(C)c1OC(=O)C(C)NC(=O)OC(C)(C)C. The molecule has 1 atom stereocenters. The van der Waals surface area contributed by atoms with Crippen LogP contribution in [0.15, 0.2) is 12.1 Å². The van der Waals surface area contributed by atoms with Gasteiger partial charge in [-0.2, -0.15) is 0 Å². The molecule has 0 radical (unpaired) electrons. The summed E-state index contributed by atoms with van der Waals surface area (Å²) in [6.07, 6.45) is -0.654. The van der Waals surface area contributed by atoms with Crippen LogP contribution in [0.3, 0.4) is 0 Å². The molecule has 1 aromatic rings. The monoisotopic (exact) mass is 437 g/mol. The van der Waals surface area contributed by atoms with E-state index in [0.29, 0.717) is 12.4 Å². The van der Waals surface area contributed by atoms with Gasteiger partial charge in [-0.15, -0.1) is 0 Å². The van der Waals surface area contributed by atoms with E-state index in [4.69, 9.17) is 13.9 Å². The summed E-state index contributed by atoms with van der Waals surface area (Å²) in [5, 5.41) is 2.65. The summed E-state index contributed by atoms with van der Waals surface area (Å²) in [5.41, 5.74) is 2.11. The first-order valence-electron chi connectivity index (χ1n) is 10.4.